The van der Waals surface area contributed by atoms with Crippen LogP contribution < -0.4 is 0 Å². The number of thiophene rings is 2. The van der Waals surface area contributed by atoms with Crippen LogP contribution in [-0.4, -0.2) is 23.5 Å². The van der Waals surface area contributed by atoms with Crippen molar-refractivity contribution in [3.05, 3.63) is 87.4 Å². The molecular weight excluding hydrogens is 537 g/mol. The van der Waals surface area contributed by atoms with Crippen LogP contribution >= 0.6 is 22.7 Å². The number of rotatable bonds is 7. The van der Waals surface area contributed by atoms with Crippen LogP contribution in [0, 0.1) is 23.7 Å². The summed E-state index contributed by atoms with van der Waals surface area (Å²) in [6.45, 7) is 5.24. The van der Waals surface area contributed by atoms with Crippen LogP contribution in [0.5, 0.6) is 0 Å². The van der Waals surface area contributed by atoms with Gasteiger partial charge in [-0.1, -0.05) is 35.9 Å². The van der Waals surface area contributed by atoms with Gasteiger partial charge in [0.15, 0.2) is 0 Å². The lowest BCUT2D eigenvalue weighted by Crippen LogP contribution is -2.25. The number of para-hydroxylation sites is 1. The Morgan fingerprint density at radius 1 is 1.05 bits per heavy atom. The fraction of sp³-hybridized carbons (Fsp3) is 0.172. The zero-order valence-electron chi connectivity index (χ0n) is 20.9. The summed E-state index contributed by atoms with van der Waals surface area (Å²) in [4.78, 5) is 13.9. The zero-order valence-corrected chi connectivity index (χ0v) is 23.4. The molecule has 0 atom stereocenters. The molecule has 0 aliphatic rings. The van der Waals surface area contributed by atoms with Gasteiger partial charge in [-0.25, -0.2) is 12.4 Å². The monoisotopic (exact) mass is 560 g/mol. The molecule has 9 heteroatoms. The van der Waals surface area contributed by atoms with Gasteiger partial charge in [-0.3, -0.25) is 4.79 Å². The highest BCUT2D eigenvalue weighted by atomic mass is 32.2. The molecule has 3 heterocycles. The maximum atomic E-state index is 14.2. The number of aryl methyl sites for hydroxylation is 1. The van der Waals surface area contributed by atoms with E-state index in [1.165, 1.54) is 26.6 Å². The molecular formula is C29H24N2O4S3. The molecule has 0 saturated heterocycles. The van der Waals surface area contributed by atoms with Crippen LogP contribution in [0.25, 0.3) is 32.6 Å². The first-order valence-electron chi connectivity index (χ1n) is 11.8. The molecule has 0 saturated carbocycles. The topological polar surface area (TPSA) is 100 Å². The summed E-state index contributed by atoms with van der Waals surface area (Å²) in [5.74, 6) is -0.902. The number of hydrogen-bond acceptors (Lipinski definition) is 6. The van der Waals surface area contributed by atoms with Gasteiger partial charge >= 0.3 is 5.97 Å². The van der Waals surface area contributed by atoms with Gasteiger partial charge in [0.1, 0.15) is 10.9 Å². The standard InChI is InChI=1S/C29H24N2O4S3/c1-18-8-11-20(12-9-18)38(34,35)31-23-7-5-4-6-21(23)26(22-14-15-36-25(22)17-30)27(31)24-13-10-19(37-24)16-29(2,3)28(32)33/h4-15H,16H2,1-3H3,(H,32,33). The van der Waals surface area contributed by atoms with Gasteiger partial charge in [0.05, 0.1) is 26.4 Å². The molecule has 0 aliphatic heterocycles. The van der Waals surface area contributed by atoms with E-state index in [2.05, 4.69) is 6.07 Å². The van der Waals surface area contributed by atoms with E-state index in [0.29, 0.717) is 43.9 Å². The van der Waals surface area contributed by atoms with Crippen molar-refractivity contribution in [2.24, 2.45) is 5.41 Å². The Balaban J connectivity index is 1.85. The van der Waals surface area contributed by atoms with E-state index in [1.54, 1.807) is 50.2 Å². The van der Waals surface area contributed by atoms with E-state index in [1.807, 2.05) is 42.6 Å². The summed E-state index contributed by atoms with van der Waals surface area (Å²) in [6, 6.07) is 21.8. The average molecular weight is 561 g/mol. The first kappa shape index (κ1) is 25.9. The van der Waals surface area contributed by atoms with Crippen molar-refractivity contribution < 1.29 is 18.3 Å². The Hall–Kier alpha value is -3.71. The molecule has 38 heavy (non-hydrogen) atoms. The second kappa shape index (κ2) is 9.55. The van der Waals surface area contributed by atoms with Crippen LogP contribution in [0.1, 0.15) is 29.2 Å². The number of aromatic nitrogens is 1. The Bertz CT molecular complexity index is 1830. The fourth-order valence-electron chi connectivity index (χ4n) is 4.48. The van der Waals surface area contributed by atoms with Crippen LogP contribution in [0.15, 0.2) is 77.0 Å². The molecule has 6 nitrogen and oxygen atoms in total. The van der Waals surface area contributed by atoms with E-state index in [-0.39, 0.29) is 4.90 Å². The van der Waals surface area contributed by atoms with Crippen molar-refractivity contribution in [3.8, 4) is 27.8 Å². The van der Waals surface area contributed by atoms with Gasteiger partial charge in [0.2, 0.25) is 0 Å². The maximum Gasteiger partial charge on any atom is 0.309 e. The number of benzene rings is 2. The van der Waals surface area contributed by atoms with E-state index in [0.717, 1.165) is 10.4 Å². The van der Waals surface area contributed by atoms with Gasteiger partial charge < -0.3 is 5.11 Å². The molecule has 0 unspecified atom stereocenters. The number of carbonyl (C=O) groups is 1. The van der Waals surface area contributed by atoms with Crippen molar-refractivity contribution in [2.75, 3.05) is 0 Å². The summed E-state index contributed by atoms with van der Waals surface area (Å²) >= 11 is 2.68. The highest BCUT2D eigenvalue weighted by Gasteiger charge is 2.32. The number of fused-ring (bicyclic) bond motifs is 1. The minimum atomic E-state index is -4.04. The van der Waals surface area contributed by atoms with Gasteiger partial charge in [-0.15, -0.1) is 22.7 Å². The molecule has 3 aromatic heterocycles. The molecule has 2 aromatic carbocycles. The summed E-state index contributed by atoms with van der Waals surface area (Å²) in [5.41, 5.74) is 2.28. The van der Waals surface area contributed by atoms with Crippen molar-refractivity contribution >= 4 is 49.6 Å². The lowest BCUT2D eigenvalue weighted by Gasteiger charge is -2.17. The Kier molecular flexibility index (Phi) is 6.51. The zero-order chi connectivity index (χ0) is 27.2. The molecule has 0 radical (unpaired) electrons. The van der Waals surface area contributed by atoms with Crippen LogP contribution in [0.3, 0.4) is 0 Å². The molecule has 0 spiro atoms. The van der Waals surface area contributed by atoms with E-state index >= 15 is 0 Å². The number of carboxylic acid groups (broad SMARTS) is 1. The second-order valence-electron chi connectivity index (χ2n) is 9.73. The largest absolute Gasteiger partial charge is 0.481 e. The predicted octanol–water partition coefficient (Wildman–Crippen LogP) is 7.17. The quantitative estimate of drug-likeness (QED) is 0.227. The fourth-order valence-corrected chi connectivity index (χ4v) is 8.04. The molecule has 5 aromatic rings. The molecule has 0 bridgehead atoms. The highest BCUT2D eigenvalue weighted by Crippen LogP contribution is 2.47. The SMILES string of the molecule is Cc1ccc(S(=O)(=O)n2c(-c3ccc(CC(C)(C)C(=O)O)s3)c(-c3ccsc3C#N)c3ccccc32)cc1. The lowest BCUT2D eigenvalue weighted by molar-refractivity contribution is -0.146. The van der Waals surface area contributed by atoms with Crippen LogP contribution in [0.2, 0.25) is 0 Å². The average Bonchev–Trinajstić information content (AvgIpc) is 3.60. The van der Waals surface area contributed by atoms with Crippen molar-refractivity contribution in [3.63, 3.8) is 0 Å². The molecule has 0 amide bonds. The molecule has 1 N–H and O–H groups in total. The third-order valence-electron chi connectivity index (χ3n) is 6.52. The number of carboxylic acids is 1. The molecule has 192 valence electrons. The van der Waals surface area contributed by atoms with Gasteiger partial charge in [-0.2, -0.15) is 5.26 Å². The van der Waals surface area contributed by atoms with Crippen LogP contribution in [0.4, 0.5) is 0 Å². The van der Waals surface area contributed by atoms with Crippen LogP contribution in [-0.2, 0) is 21.2 Å². The van der Waals surface area contributed by atoms with Crippen molar-refractivity contribution in [1.82, 2.24) is 3.97 Å². The van der Waals surface area contributed by atoms with Gasteiger partial charge in [0.25, 0.3) is 10.0 Å². The second-order valence-corrected chi connectivity index (χ2v) is 13.6. The number of aliphatic carboxylic acids is 1. The van der Waals surface area contributed by atoms with E-state index in [4.69, 9.17) is 0 Å². The molecule has 0 fully saturated rings. The molecule has 0 aliphatic carbocycles. The summed E-state index contributed by atoms with van der Waals surface area (Å²) < 4.78 is 29.9. The minimum Gasteiger partial charge on any atom is -0.481 e. The van der Waals surface area contributed by atoms with E-state index in [9.17, 15) is 23.6 Å². The number of nitrogens with zero attached hydrogens (tertiary/aromatic N) is 2. The number of nitriles is 1. The lowest BCUT2D eigenvalue weighted by atomic mass is 9.89. The van der Waals surface area contributed by atoms with Gasteiger partial charge in [0, 0.05) is 21.4 Å². The normalized spacial score (nSPS) is 12.1. The minimum absolute atomic E-state index is 0.159. The third kappa shape index (κ3) is 4.35. The summed E-state index contributed by atoms with van der Waals surface area (Å²) in [5, 5.41) is 22.0. The Morgan fingerprint density at radius 3 is 2.45 bits per heavy atom. The van der Waals surface area contributed by atoms with E-state index < -0.39 is 21.4 Å². The summed E-state index contributed by atoms with van der Waals surface area (Å²) in [6.07, 6.45) is 0.301. The summed E-state index contributed by atoms with van der Waals surface area (Å²) in [7, 11) is -4.04. The Labute approximate surface area is 229 Å². The molecule has 5 rings (SSSR count). The van der Waals surface area contributed by atoms with Gasteiger partial charge in [-0.05, 0) is 69.0 Å². The first-order chi connectivity index (χ1) is 18.0. The van der Waals surface area contributed by atoms with Crippen molar-refractivity contribution in [1.29, 1.82) is 5.26 Å². The maximum absolute atomic E-state index is 14.2. The van der Waals surface area contributed by atoms with Crippen molar-refractivity contribution in [2.45, 2.75) is 32.1 Å². The third-order valence-corrected chi connectivity index (χ3v) is 10.2. The Morgan fingerprint density at radius 2 is 1.76 bits per heavy atom. The smallest absolute Gasteiger partial charge is 0.309 e. The predicted molar refractivity (Wildman–Crippen MR) is 152 cm³/mol. The number of hydrogen-bond donors (Lipinski definition) is 1. The highest BCUT2D eigenvalue weighted by molar-refractivity contribution is 7.90. The first-order valence-corrected chi connectivity index (χ1v) is 14.9.